The van der Waals surface area contributed by atoms with Gasteiger partial charge in [-0.1, -0.05) is 266 Å². The topological polar surface area (TPSA) is 78.9 Å². The summed E-state index contributed by atoms with van der Waals surface area (Å²) in [6.45, 7) is 6.51. The third kappa shape index (κ3) is 61.2. The second-order valence-electron chi connectivity index (χ2n) is 21.3. The van der Waals surface area contributed by atoms with Gasteiger partial charge in [0, 0.05) is 19.3 Å². The molecule has 0 saturated heterocycles. The number of hydrogen-bond donors (Lipinski definition) is 0. The Hall–Kier alpha value is -3.67. The molecule has 6 nitrogen and oxygen atoms in total. The van der Waals surface area contributed by atoms with Crippen LogP contribution in [0.3, 0.4) is 0 Å². The third-order valence-electron chi connectivity index (χ3n) is 13.8. The van der Waals surface area contributed by atoms with E-state index in [1.165, 1.54) is 135 Å². The van der Waals surface area contributed by atoms with E-state index in [2.05, 4.69) is 118 Å². The largest absolute Gasteiger partial charge is 0.462 e. The van der Waals surface area contributed by atoms with E-state index in [1.54, 1.807) is 0 Å². The Labute approximate surface area is 470 Å². The van der Waals surface area contributed by atoms with Crippen LogP contribution in [0.4, 0.5) is 0 Å². The van der Waals surface area contributed by atoms with Crippen molar-refractivity contribution < 1.29 is 28.6 Å². The first-order chi connectivity index (χ1) is 37.5. The van der Waals surface area contributed by atoms with E-state index in [0.717, 1.165) is 135 Å². The van der Waals surface area contributed by atoms with E-state index < -0.39 is 6.10 Å². The summed E-state index contributed by atoms with van der Waals surface area (Å²) in [5.41, 5.74) is 0. The van der Waals surface area contributed by atoms with Gasteiger partial charge in [0.05, 0.1) is 0 Å². The van der Waals surface area contributed by atoms with Crippen molar-refractivity contribution in [3.05, 3.63) is 97.2 Å². The maximum Gasteiger partial charge on any atom is 0.306 e. The highest BCUT2D eigenvalue weighted by atomic mass is 16.6. The Bertz CT molecular complexity index is 1490. The van der Waals surface area contributed by atoms with Gasteiger partial charge in [-0.2, -0.15) is 0 Å². The summed E-state index contributed by atoms with van der Waals surface area (Å²) in [6.07, 6.45) is 85.5. The van der Waals surface area contributed by atoms with Gasteiger partial charge in [0.25, 0.3) is 0 Å². The number of unbranched alkanes of at least 4 members (excludes halogenated alkanes) is 31. The average molecular weight is 1060 g/mol. The Morgan fingerprint density at radius 2 is 0.513 bits per heavy atom. The molecule has 1 atom stereocenters. The monoisotopic (exact) mass is 1060 g/mol. The van der Waals surface area contributed by atoms with Crippen LogP contribution in [0.15, 0.2) is 97.2 Å². The molecule has 0 N–H and O–H groups in total. The van der Waals surface area contributed by atoms with E-state index in [4.69, 9.17) is 14.2 Å². The van der Waals surface area contributed by atoms with Crippen LogP contribution in [0.5, 0.6) is 0 Å². The molecule has 0 aliphatic rings. The summed E-state index contributed by atoms with van der Waals surface area (Å²) in [7, 11) is 0. The Morgan fingerprint density at radius 1 is 0.276 bits per heavy atom. The molecule has 76 heavy (non-hydrogen) atoms. The lowest BCUT2D eigenvalue weighted by atomic mass is 10.1. The molecular weight excluding hydrogens is 937 g/mol. The van der Waals surface area contributed by atoms with Crippen LogP contribution in [0, 0.1) is 0 Å². The van der Waals surface area contributed by atoms with Crippen LogP contribution >= 0.6 is 0 Å². The molecule has 0 aliphatic heterocycles. The van der Waals surface area contributed by atoms with Crippen LogP contribution in [0.2, 0.25) is 0 Å². The molecule has 0 heterocycles. The van der Waals surface area contributed by atoms with E-state index >= 15 is 0 Å². The summed E-state index contributed by atoms with van der Waals surface area (Å²) in [5.74, 6) is -0.915. The molecular formula is C70H120O6. The lowest BCUT2D eigenvalue weighted by Crippen LogP contribution is -2.30. The predicted octanol–water partition coefficient (Wildman–Crippen LogP) is 22.0. The lowest BCUT2D eigenvalue weighted by Gasteiger charge is -2.18. The van der Waals surface area contributed by atoms with E-state index in [-0.39, 0.29) is 31.1 Å². The molecule has 0 aliphatic carbocycles. The van der Waals surface area contributed by atoms with Gasteiger partial charge >= 0.3 is 17.9 Å². The van der Waals surface area contributed by atoms with Gasteiger partial charge in [0.1, 0.15) is 13.2 Å². The minimum absolute atomic E-state index is 0.0915. The predicted molar refractivity (Wildman–Crippen MR) is 330 cm³/mol. The molecule has 0 amide bonds. The SMILES string of the molecule is CC/C=C\C/C=C\C/C=C\C/C=C\C/C=C\CCCCCCCC(=O)OCC(COC(=O)CCCCCCC/C=C\C/C=C\CCCCCC)OC(=O)CCCCCCCCCCC/C=C\CCCCCCCCCC. The van der Waals surface area contributed by atoms with E-state index in [0.29, 0.717) is 19.3 Å². The second-order valence-corrected chi connectivity index (χ2v) is 21.3. The molecule has 1 unspecified atom stereocenters. The average Bonchev–Trinajstić information content (AvgIpc) is 3.42. The number of ether oxygens (including phenoxy) is 3. The minimum Gasteiger partial charge on any atom is -0.462 e. The van der Waals surface area contributed by atoms with Crippen LogP contribution < -0.4 is 0 Å². The van der Waals surface area contributed by atoms with Gasteiger partial charge in [-0.05, 0) is 122 Å². The summed E-state index contributed by atoms with van der Waals surface area (Å²) in [4.78, 5) is 38.3. The molecule has 0 fully saturated rings. The number of allylic oxidation sites excluding steroid dienone is 16. The minimum atomic E-state index is -0.795. The first kappa shape index (κ1) is 72.3. The number of carbonyl (C=O) groups excluding carboxylic acids is 3. The molecule has 0 aromatic heterocycles. The number of carbonyl (C=O) groups is 3. The standard InChI is InChI=1S/C70H120O6/c1-4-7-10-13-16-19-22-25-28-31-33-35-37-39-42-45-48-51-54-57-60-63-69(72)75-66-67(65-74-68(71)62-59-56-53-50-47-44-41-30-27-24-21-18-15-12-9-6-3)76-70(73)64-61-58-55-52-49-46-43-40-38-36-34-32-29-26-23-20-17-14-11-8-5-2/h7,10,16,19,21,24-25,28,30,32-35,39,41-42,67H,4-6,8-9,11-15,17-18,20,22-23,26-27,29,31,36-38,40,43-66H2,1-3H3/b10-7-,19-16-,24-21-,28-25-,34-32-,35-33-,41-30-,42-39-. The maximum absolute atomic E-state index is 12.9. The normalized spacial score (nSPS) is 12.7. The highest BCUT2D eigenvalue weighted by molar-refractivity contribution is 5.71. The van der Waals surface area contributed by atoms with Crippen molar-refractivity contribution in [1.82, 2.24) is 0 Å². The molecule has 6 heteroatoms. The highest BCUT2D eigenvalue weighted by Crippen LogP contribution is 2.16. The van der Waals surface area contributed by atoms with Crippen molar-refractivity contribution in [3.8, 4) is 0 Å². The summed E-state index contributed by atoms with van der Waals surface area (Å²) in [5, 5.41) is 0. The zero-order chi connectivity index (χ0) is 55.0. The molecule has 0 bridgehead atoms. The fourth-order valence-electron chi connectivity index (χ4n) is 8.97. The summed E-state index contributed by atoms with van der Waals surface area (Å²) < 4.78 is 16.9. The highest BCUT2D eigenvalue weighted by Gasteiger charge is 2.19. The number of rotatable bonds is 58. The fourth-order valence-corrected chi connectivity index (χ4v) is 8.97. The van der Waals surface area contributed by atoms with E-state index in [9.17, 15) is 14.4 Å². The van der Waals surface area contributed by atoms with Crippen LogP contribution in [0.25, 0.3) is 0 Å². The summed E-state index contributed by atoms with van der Waals surface area (Å²) in [6, 6.07) is 0. The smallest absolute Gasteiger partial charge is 0.306 e. The van der Waals surface area contributed by atoms with Crippen molar-refractivity contribution in [2.24, 2.45) is 0 Å². The van der Waals surface area contributed by atoms with Gasteiger partial charge in [-0.25, -0.2) is 0 Å². The van der Waals surface area contributed by atoms with Crippen molar-refractivity contribution in [1.29, 1.82) is 0 Å². The quantitative estimate of drug-likeness (QED) is 0.0261. The van der Waals surface area contributed by atoms with Gasteiger partial charge in [-0.15, -0.1) is 0 Å². The van der Waals surface area contributed by atoms with Gasteiger partial charge in [-0.3, -0.25) is 14.4 Å². The molecule has 0 spiro atoms. The van der Waals surface area contributed by atoms with Crippen LogP contribution in [-0.4, -0.2) is 37.2 Å². The van der Waals surface area contributed by atoms with Crippen molar-refractivity contribution in [2.45, 2.75) is 316 Å². The number of hydrogen-bond acceptors (Lipinski definition) is 6. The number of esters is 3. The second kappa shape index (κ2) is 63.9. The van der Waals surface area contributed by atoms with Gasteiger partial charge in [0.15, 0.2) is 6.10 Å². The van der Waals surface area contributed by atoms with Crippen molar-refractivity contribution >= 4 is 17.9 Å². The third-order valence-corrected chi connectivity index (χ3v) is 13.8. The molecule has 0 aromatic rings. The zero-order valence-electron chi connectivity index (χ0n) is 50.0. The van der Waals surface area contributed by atoms with Gasteiger partial charge in [0.2, 0.25) is 0 Å². The van der Waals surface area contributed by atoms with Crippen LogP contribution in [-0.2, 0) is 28.6 Å². The van der Waals surface area contributed by atoms with Crippen LogP contribution in [0.1, 0.15) is 310 Å². The van der Waals surface area contributed by atoms with E-state index in [1.807, 2.05) is 0 Å². The Kier molecular flexibility index (Phi) is 60.8. The van der Waals surface area contributed by atoms with Crippen molar-refractivity contribution in [3.63, 3.8) is 0 Å². The lowest BCUT2D eigenvalue weighted by molar-refractivity contribution is -0.167. The molecule has 0 rings (SSSR count). The fraction of sp³-hybridized carbons (Fsp3) is 0.729. The van der Waals surface area contributed by atoms with Gasteiger partial charge < -0.3 is 14.2 Å². The molecule has 0 radical (unpaired) electrons. The Morgan fingerprint density at radius 3 is 0.829 bits per heavy atom. The summed E-state index contributed by atoms with van der Waals surface area (Å²) >= 11 is 0. The Balaban J connectivity index is 4.43. The first-order valence-corrected chi connectivity index (χ1v) is 32.2. The molecule has 0 saturated carbocycles. The first-order valence-electron chi connectivity index (χ1n) is 32.2. The molecule has 436 valence electrons. The molecule has 0 aromatic carbocycles. The maximum atomic E-state index is 12.9. The zero-order valence-corrected chi connectivity index (χ0v) is 50.0. The van der Waals surface area contributed by atoms with Crippen molar-refractivity contribution in [2.75, 3.05) is 13.2 Å².